The van der Waals surface area contributed by atoms with Gasteiger partial charge in [-0.05, 0) is 32.6 Å². The first-order valence-electron chi connectivity index (χ1n) is 5.73. The molecule has 86 valence electrons. The van der Waals surface area contributed by atoms with Gasteiger partial charge in [0.25, 0.3) is 0 Å². The summed E-state index contributed by atoms with van der Waals surface area (Å²) in [5, 5.41) is 3.44. The van der Waals surface area contributed by atoms with Gasteiger partial charge in [-0.2, -0.15) is 0 Å². The Morgan fingerprint density at radius 3 is 2.29 bits per heavy atom. The van der Waals surface area contributed by atoms with Crippen molar-refractivity contribution in [2.24, 2.45) is 0 Å². The molecule has 0 saturated carbocycles. The summed E-state index contributed by atoms with van der Waals surface area (Å²) in [4.78, 5) is 2.44. The third kappa shape index (κ3) is 6.35. The molecule has 1 atom stereocenters. The van der Waals surface area contributed by atoms with Gasteiger partial charge >= 0.3 is 0 Å². The minimum Gasteiger partial charge on any atom is -0.383 e. The van der Waals surface area contributed by atoms with Crippen molar-refractivity contribution in [2.75, 3.05) is 39.9 Å². The fourth-order valence-electron chi connectivity index (χ4n) is 1.61. The van der Waals surface area contributed by atoms with E-state index in [0.29, 0.717) is 6.04 Å². The number of rotatable bonds is 9. The molecule has 0 aliphatic heterocycles. The number of methoxy groups -OCH3 is 1. The molecular formula is C11H26N2O. The molecule has 1 N–H and O–H groups in total. The minimum absolute atomic E-state index is 0.505. The Bertz CT molecular complexity index is 110. The van der Waals surface area contributed by atoms with E-state index in [0.717, 1.165) is 32.8 Å². The maximum Gasteiger partial charge on any atom is 0.0616 e. The van der Waals surface area contributed by atoms with Crippen LogP contribution in [0.3, 0.4) is 0 Å². The highest BCUT2D eigenvalue weighted by Crippen LogP contribution is 1.97. The van der Waals surface area contributed by atoms with Gasteiger partial charge in [0, 0.05) is 13.2 Å². The van der Waals surface area contributed by atoms with Gasteiger partial charge in [0.05, 0.1) is 6.61 Å². The van der Waals surface area contributed by atoms with Crippen molar-refractivity contribution in [1.29, 1.82) is 0 Å². The van der Waals surface area contributed by atoms with Crippen LogP contribution in [0.4, 0.5) is 0 Å². The number of hydrogen-bond donors (Lipinski definition) is 1. The molecule has 3 nitrogen and oxygen atoms in total. The Labute approximate surface area is 88.8 Å². The Hall–Kier alpha value is -0.120. The number of ether oxygens (including phenoxy) is 1. The normalized spacial score (nSPS) is 13.5. The van der Waals surface area contributed by atoms with Crippen molar-refractivity contribution in [3.63, 3.8) is 0 Å². The van der Waals surface area contributed by atoms with Crippen LogP contribution in [0, 0.1) is 0 Å². The van der Waals surface area contributed by atoms with Gasteiger partial charge < -0.3 is 15.0 Å². The van der Waals surface area contributed by atoms with E-state index < -0.39 is 0 Å². The fourth-order valence-corrected chi connectivity index (χ4v) is 1.61. The Kier molecular flexibility index (Phi) is 9.35. The van der Waals surface area contributed by atoms with E-state index in [9.17, 15) is 0 Å². The highest BCUT2D eigenvalue weighted by molar-refractivity contribution is 4.67. The van der Waals surface area contributed by atoms with Crippen LogP contribution in [0.25, 0.3) is 0 Å². The van der Waals surface area contributed by atoms with E-state index in [1.807, 2.05) is 0 Å². The fraction of sp³-hybridized carbons (Fsp3) is 1.00. The van der Waals surface area contributed by atoms with Crippen molar-refractivity contribution in [2.45, 2.75) is 33.2 Å². The predicted octanol–water partition coefficient (Wildman–Crippen LogP) is 1.34. The lowest BCUT2D eigenvalue weighted by atomic mass is 10.2. The highest BCUT2D eigenvalue weighted by Gasteiger charge is 2.08. The highest BCUT2D eigenvalue weighted by atomic mass is 16.5. The van der Waals surface area contributed by atoms with E-state index in [1.54, 1.807) is 7.11 Å². The van der Waals surface area contributed by atoms with Gasteiger partial charge in [-0.25, -0.2) is 0 Å². The van der Waals surface area contributed by atoms with E-state index in [-0.39, 0.29) is 0 Å². The molecule has 0 rings (SSSR count). The summed E-state index contributed by atoms with van der Waals surface area (Å²) in [5.41, 5.74) is 0. The van der Waals surface area contributed by atoms with E-state index in [2.05, 4.69) is 31.0 Å². The Morgan fingerprint density at radius 2 is 1.86 bits per heavy atom. The number of hydrogen-bond acceptors (Lipinski definition) is 3. The van der Waals surface area contributed by atoms with Crippen molar-refractivity contribution in [3.8, 4) is 0 Å². The Morgan fingerprint density at radius 1 is 1.21 bits per heavy atom. The molecule has 0 heterocycles. The van der Waals surface area contributed by atoms with Crippen molar-refractivity contribution < 1.29 is 4.74 Å². The first kappa shape index (κ1) is 13.9. The van der Waals surface area contributed by atoms with Gasteiger partial charge in [0.15, 0.2) is 0 Å². The van der Waals surface area contributed by atoms with Crippen molar-refractivity contribution in [1.82, 2.24) is 10.2 Å². The summed E-state index contributed by atoms with van der Waals surface area (Å²) < 4.78 is 5.18. The summed E-state index contributed by atoms with van der Waals surface area (Å²) >= 11 is 0. The average Bonchev–Trinajstić information content (AvgIpc) is 2.20. The molecule has 0 aliphatic carbocycles. The van der Waals surface area contributed by atoms with Crippen LogP contribution in [0.15, 0.2) is 0 Å². The second-order valence-corrected chi connectivity index (χ2v) is 3.53. The second-order valence-electron chi connectivity index (χ2n) is 3.53. The molecule has 0 spiro atoms. The predicted molar refractivity (Wildman–Crippen MR) is 61.7 cm³/mol. The Balaban J connectivity index is 3.67. The molecule has 0 aromatic rings. The molecule has 3 heteroatoms. The summed E-state index contributed by atoms with van der Waals surface area (Å²) in [6.07, 6.45) is 1.17. The van der Waals surface area contributed by atoms with Crippen LogP contribution in [0.2, 0.25) is 0 Å². The molecule has 0 radical (unpaired) electrons. The lowest BCUT2D eigenvalue weighted by Crippen LogP contribution is -2.37. The van der Waals surface area contributed by atoms with Gasteiger partial charge in [0.2, 0.25) is 0 Å². The SMILES string of the molecule is CCNC(CCN(CC)CC)COC. The summed E-state index contributed by atoms with van der Waals surface area (Å²) in [7, 11) is 1.77. The largest absolute Gasteiger partial charge is 0.383 e. The monoisotopic (exact) mass is 202 g/mol. The standard InChI is InChI=1S/C11H26N2O/c1-5-12-11(10-14-4)8-9-13(6-2)7-3/h11-12H,5-10H2,1-4H3. The van der Waals surface area contributed by atoms with Crippen LogP contribution in [0.5, 0.6) is 0 Å². The zero-order valence-electron chi connectivity index (χ0n) is 10.2. The van der Waals surface area contributed by atoms with Crippen LogP contribution >= 0.6 is 0 Å². The molecule has 0 fully saturated rings. The zero-order chi connectivity index (χ0) is 10.8. The molecule has 0 aromatic heterocycles. The minimum atomic E-state index is 0.505. The van der Waals surface area contributed by atoms with Gasteiger partial charge in [0.1, 0.15) is 0 Å². The molecule has 0 saturated heterocycles. The lowest BCUT2D eigenvalue weighted by Gasteiger charge is -2.22. The molecule has 1 unspecified atom stereocenters. The lowest BCUT2D eigenvalue weighted by molar-refractivity contribution is 0.155. The van der Waals surface area contributed by atoms with Crippen LogP contribution in [0.1, 0.15) is 27.2 Å². The maximum absolute atomic E-state index is 5.18. The van der Waals surface area contributed by atoms with Crippen LogP contribution in [-0.4, -0.2) is 50.8 Å². The summed E-state index contributed by atoms with van der Waals surface area (Å²) in [5.74, 6) is 0. The second kappa shape index (κ2) is 9.44. The van der Waals surface area contributed by atoms with Crippen molar-refractivity contribution >= 4 is 0 Å². The summed E-state index contributed by atoms with van der Waals surface area (Å²) in [6, 6.07) is 0.505. The molecular weight excluding hydrogens is 176 g/mol. The molecule has 0 aliphatic rings. The van der Waals surface area contributed by atoms with Gasteiger partial charge in [-0.15, -0.1) is 0 Å². The van der Waals surface area contributed by atoms with Gasteiger partial charge in [-0.1, -0.05) is 20.8 Å². The third-order valence-electron chi connectivity index (χ3n) is 2.55. The quantitative estimate of drug-likeness (QED) is 0.611. The molecule has 0 amide bonds. The summed E-state index contributed by atoms with van der Waals surface area (Å²) in [6.45, 7) is 11.8. The number of nitrogens with one attached hydrogen (secondary N) is 1. The topological polar surface area (TPSA) is 24.5 Å². The van der Waals surface area contributed by atoms with E-state index in [1.165, 1.54) is 6.42 Å². The van der Waals surface area contributed by atoms with E-state index in [4.69, 9.17) is 4.74 Å². The number of likely N-dealkylation sites (N-methyl/N-ethyl adjacent to an activating group) is 1. The van der Waals surface area contributed by atoms with E-state index >= 15 is 0 Å². The first-order valence-corrected chi connectivity index (χ1v) is 5.73. The van der Waals surface area contributed by atoms with Crippen molar-refractivity contribution in [3.05, 3.63) is 0 Å². The third-order valence-corrected chi connectivity index (χ3v) is 2.55. The molecule has 0 aromatic carbocycles. The average molecular weight is 202 g/mol. The number of nitrogens with zero attached hydrogens (tertiary/aromatic N) is 1. The zero-order valence-corrected chi connectivity index (χ0v) is 10.2. The molecule has 14 heavy (non-hydrogen) atoms. The first-order chi connectivity index (χ1) is 6.78. The van der Waals surface area contributed by atoms with Crippen LogP contribution < -0.4 is 5.32 Å². The molecule has 0 bridgehead atoms. The van der Waals surface area contributed by atoms with Crippen LogP contribution in [-0.2, 0) is 4.74 Å². The van der Waals surface area contributed by atoms with Gasteiger partial charge in [-0.3, -0.25) is 0 Å². The maximum atomic E-state index is 5.18. The smallest absolute Gasteiger partial charge is 0.0616 e.